The fourth-order valence-corrected chi connectivity index (χ4v) is 9.96. The quantitative estimate of drug-likeness (QED) is 0.167. The molecule has 0 amide bonds. The van der Waals surface area contributed by atoms with Crippen LogP contribution >= 0.6 is 11.3 Å². The van der Waals surface area contributed by atoms with Crippen molar-refractivity contribution in [3.63, 3.8) is 0 Å². The van der Waals surface area contributed by atoms with Gasteiger partial charge in [0.05, 0.1) is 0 Å². The van der Waals surface area contributed by atoms with Crippen LogP contribution < -0.4 is 0 Å². The molecule has 0 aliphatic heterocycles. The minimum Gasteiger partial charge on any atom is -0.461 e. The van der Waals surface area contributed by atoms with Crippen LogP contribution in [0.3, 0.4) is 0 Å². The number of fused-ring (bicyclic) bond motifs is 7. The van der Waals surface area contributed by atoms with Crippen molar-refractivity contribution in [2.45, 2.75) is 6.92 Å². The van der Waals surface area contributed by atoms with Gasteiger partial charge < -0.3 is 4.42 Å². The van der Waals surface area contributed by atoms with Crippen molar-refractivity contribution in [3.05, 3.63) is 182 Å². The molecule has 2 heteroatoms. The summed E-state index contributed by atoms with van der Waals surface area (Å²) in [5, 5.41) is 12.5. The third-order valence-electron chi connectivity index (χ3n) is 11.0. The molecule has 0 fully saturated rings. The maximum absolute atomic E-state index is 6.26. The molecular formula is C51H32OS. The molecule has 0 saturated heterocycles. The lowest BCUT2D eigenvalue weighted by Crippen LogP contribution is -1.90. The van der Waals surface area contributed by atoms with E-state index in [1.54, 1.807) is 0 Å². The van der Waals surface area contributed by atoms with Gasteiger partial charge in [0.2, 0.25) is 0 Å². The fourth-order valence-electron chi connectivity index (χ4n) is 8.76. The normalized spacial score (nSPS) is 11.9. The summed E-state index contributed by atoms with van der Waals surface area (Å²) in [7, 11) is 0. The molecule has 9 aromatic carbocycles. The van der Waals surface area contributed by atoms with Crippen molar-refractivity contribution in [1.29, 1.82) is 0 Å². The van der Waals surface area contributed by atoms with Crippen molar-refractivity contribution in [2.75, 3.05) is 0 Å². The number of hydrogen-bond donors (Lipinski definition) is 0. The second-order valence-electron chi connectivity index (χ2n) is 14.0. The largest absolute Gasteiger partial charge is 0.461 e. The highest BCUT2D eigenvalue weighted by Gasteiger charge is 2.21. The molecule has 0 unspecified atom stereocenters. The molecule has 11 aromatic rings. The summed E-state index contributed by atoms with van der Waals surface area (Å²) >= 11 is 1.90. The molecule has 2 heterocycles. The monoisotopic (exact) mass is 692 g/mol. The van der Waals surface area contributed by atoms with Crippen LogP contribution in [0.4, 0.5) is 0 Å². The van der Waals surface area contributed by atoms with Gasteiger partial charge in [-0.3, -0.25) is 0 Å². The SMILES string of the molecule is Cc1ccc(-c2c3ccccc3c(-c3ccc4sc5c(-c6c7ccccc7c(-c7ccccc7)c7ccccc67)cccc5c4c3)c3ccccc23)o1. The van der Waals surface area contributed by atoms with E-state index in [-0.39, 0.29) is 0 Å². The van der Waals surface area contributed by atoms with Crippen LogP contribution in [0.1, 0.15) is 5.76 Å². The fraction of sp³-hybridized carbons (Fsp3) is 0.0196. The van der Waals surface area contributed by atoms with Crippen LogP contribution in [0.2, 0.25) is 0 Å². The van der Waals surface area contributed by atoms with Gasteiger partial charge >= 0.3 is 0 Å². The van der Waals surface area contributed by atoms with E-state index in [4.69, 9.17) is 4.42 Å². The van der Waals surface area contributed by atoms with Crippen LogP contribution in [-0.4, -0.2) is 0 Å². The van der Waals surface area contributed by atoms with Gasteiger partial charge in [0.25, 0.3) is 0 Å². The zero-order valence-corrected chi connectivity index (χ0v) is 29.9. The average Bonchev–Trinajstić information content (AvgIpc) is 3.82. The Morgan fingerprint density at radius 2 is 0.849 bits per heavy atom. The van der Waals surface area contributed by atoms with Gasteiger partial charge in [0.15, 0.2) is 0 Å². The highest BCUT2D eigenvalue weighted by Crippen LogP contribution is 2.49. The molecule has 0 bridgehead atoms. The van der Waals surface area contributed by atoms with E-state index in [1.165, 1.54) is 96.6 Å². The first kappa shape index (κ1) is 30.2. The van der Waals surface area contributed by atoms with Gasteiger partial charge in [-0.15, -0.1) is 11.3 Å². The van der Waals surface area contributed by atoms with E-state index in [9.17, 15) is 0 Å². The molecule has 0 atom stereocenters. The van der Waals surface area contributed by atoms with E-state index in [1.807, 2.05) is 18.3 Å². The molecule has 1 nitrogen and oxygen atoms in total. The van der Waals surface area contributed by atoms with Gasteiger partial charge in [-0.1, -0.05) is 152 Å². The van der Waals surface area contributed by atoms with Crippen LogP contribution in [0.15, 0.2) is 180 Å². The second-order valence-corrected chi connectivity index (χ2v) is 15.0. The molecule has 0 aliphatic rings. The van der Waals surface area contributed by atoms with E-state index >= 15 is 0 Å². The topological polar surface area (TPSA) is 13.1 Å². The summed E-state index contributed by atoms with van der Waals surface area (Å²) in [6.07, 6.45) is 0. The molecule has 0 N–H and O–H groups in total. The first-order valence-corrected chi connectivity index (χ1v) is 19.0. The van der Waals surface area contributed by atoms with E-state index in [0.717, 1.165) is 17.1 Å². The maximum Gasteiger partial charge on any atom is 0.135 e. The van der Waals surface area contributed by atoms with E-state index in [0.29, 0.717) is 0 Å². The molecule has 0 aliphatic carbocycles. The minimum atomic E-state index is 0.908. The number of benzene rings is 9. The Hall–Kier alpha value is -6.48. The Kier molecular flexibility index (Phi) is 6.71. The van der Waals surface area contributed by atoms with Crippen molar-refractivity contribution in [3.8, 4) is 44.7 Å². The summed E-state index contributed by atoms with van der Waals surface area (Å²) < 4.78 is 8.87. The Morgan fingerprint density at radius 3 is 1.40 bits per heavy atom. The van der Waals surface area contributed by atoms with Crippen molar-refractivity contribution < 1.29 is 4.42 Å². The van der Waals surface area contributed by atoms with Gasteiger partial charge in [0.1, 0.15) is 11.5 Å². The Balaban J connectivity index is 1.18. The molecule has 2 aromatic heterocycles. The third-order valence-corrected chi connectivity index (χ3v) is 12.2. The van der Waals surface area contributed by atoms with Gasteiger partial charge in [-0.2, -0.15) is 0 Å². The minimum absolute atomic E-state index is 0.908. The lowest BCUT2D eigenvalue weighted by molar-refractivity contribution is 0.549. The number of furan rings is 1. The summed E-state index contributed by atoms with van der Waals surface area (Å²) in [6.45, 7) is 2.01. The molecule has 0 saturated carbocycles. The number of thiophene rings is 1. The third kappa shape index (κ3) is 4.56. The predicted molar refractivity (Wildman–Crippen MR) is 228 cm³/mol. The molecule has 53 heavy (non-hydrogen) atoms. The van der Waals surface area contributed by atoms with Gasteiger partial charge in [-0.25, -0.2) is 0 Å². The Morgan fingerprint density at radius 1 is 0.358 bits per heavy atom. The Bertz CT molecular complexity index is 3120. The standard InChI is InChI=1S/C51H32OS/c1-31-26-28-45(52-31)50-40-22-11-7-18-36(40)48(37-19-8-12-23-41(37)50)33-27-29-46-44(30-33)42-24-13-25-43(51(42)53-46)49-38-20-9-5-16-34(38)47(32-14-3-2-4-15-32)35-17-6-10-21-39(35)49/h2-30H,1H3. The number of rotatable bonds is 4. The molecule has 0 radical (unpaired) electrons. The van der Waals surface area contributed by atoms with Crippen molar-refractivity contribution in [2.24, 2.45) is 0 Å². The molecular weight excluding hydrogens is 661 g/mol. The van der Waals surface area contributed by atoms with Gasteiger partial charge in [-0.05, 0) is 102 Å². The summed E-state index contributed by atoms with van der Waals surface area (Å²) in [5.41, 5.74) is 8.75. The van der Waals surface area contributed by atoms with Crippen molar-refractivity contribution in [1.82, 2.24) is 0 Å². The van der Waals surface area contributed by atoms with Crippen LogP contribution in [0.5, 0.6) is 0 Å². The molecule has 248 valence electrons. The number of aryl methyl sites for hydroxylation is 1. The molecule has 11 rings (SSSR count). The summed E-state index contributed by atoms with van der Waals surface area (Å²) in [5.74, 6) is 1.82. The van der Waals surface area contributed by atoms with Crippen LogP contribution in [-0.2, 0) is 0 Å². The lowest BCUT2D eigenvalue weighted by atomic mass is 9.85. The summed E-state index contributed by atoms with van der Waals surface area (Å²) in [4.78, 5) is 0. The second kappa shape index (κ2) is 11.8. The highest BCUT2D eigenvalue weighted by molar-refractivity contribution is 7.26. The first-order chi connectivity index (χ1) is 26.2. The van der Waals surface area contributed by atoms with Crippen LogP contribution in [0.25, 0.3) is 108 Å². The van der Waals surface area contributed by atoms with Crippen LogP contribution in [0, 0.1) is 6.92 Å². The first-order valence-electron chi connectivity index (χ1n) is 18.2. The molecule has 0 spiro atoms. The predicted octanol–water partition coefficient (Wildman–Crippen LogP) is 15.2. The number of hydrogen-bond acceptors (Lipinski definition) is 2. The Labute approximate surface area is 311 Å². The summed E-state index contributed by atoms with van der Waals surface area (Å²) in [6, 6.07) is 64.4. The zero-order chi connectivity index (χ0) is 35.0. The van der Waals surface area contributed by atoms with E-state index in [2.05, 4.69) is 176 Å². The smallest absolute Gasteiger partial charge is 0.135 e. The van der Waals surface area contributed by atoms with Crippen molar-refractivity contribution >= 4 is 74.6 Å². The highest BCUT2D eigenvalue weighted by atomic mass is 32.1. The van der Waals surface area contributed by atoms with Gasteiger partial charge in [0, 0.05) is 31.3 Å². The lowest BCUT2D eigenvalue weighted by Gasteiger charge is -2.18. The average molecular weight is 693 g/mol. The van der Waals surface area contributed by atoms with E-state index < -0.39 is 0 Å². The zero-order valence-electron chi connectivity index (χ0n) is 29.1. The maximum atomic E-state index is 6.26.